The van der Waals surface area contributed by atoms with Gasteiger partial charge in [0.05, 0.1) is 11.7 Å². The molecular formula is C16H22N4O2. The zero-order valence-corrected chi connectivity index (χ0v) is 12.6. The van der Waals surface area contributed by atoms with Crippen LogP contribution in [0.5, 0.6) is 0 Å². The Labute approximate surface area is 129 Å². The van der Waals surface area contributed by atoms with E-state index < -0.39 is 6.04 Å². The second kappa shape index (κ2) is 6.89. The average Bonchev–Trinajstić information content (AvgIpc) is 2.97. The summed E-state index contributed by atoms with van der Waals surface area (Å²) in [6.07, 6.45) is 6.38. The molecule has 0 spiro atoms. The topological polar surface area (TPSA) is 81.7 Å². The third-order valence-electron chi connectivity index (χ3n) is 4.17. The third kappa shape index (κ3) is 3.45. The van der Waals surface area contributed by atoms with Gasteiger partial charge >= 0.3 is 0 Å². The number of nitrogens with one attached hydrogen (secondary N) is 1. The molecule has 3 rings (SSSR count). The number of nitrogens with two attached hydrogens (primary N) is 1. The molecule has 2 aromatic rings. The van der Waals surface area contributed by atoms with Gasteiger partial charge in [-0.1, -0.05) is 6.07 Å². The smallest absolute Gasteiger partial charge is 0.237 e. The van der Waals surface area contributed by atoms with Crippen molar-refractivity contribution in [2.45, 2.75) is 25.3 Å². The van der Waals surface area contributed by atoms with Crippen LogP contribution in [0, 0.1) is 5.92 Å². The lowest BCUT2D eigenvalue weighted by molar-refractivity contribution is -0.124. The Morgan fingerprint density at radius 3 is 3.05 bits per heavy atom. The van der Waals surface area contributed by atoms with Crippen molar-refractivity contribution in [3.8, 4) is 0 Å². The summed E-state index contributed by atoms with van der Waals surface area (Å²) in [6, 6.07) is 5.45. The highest BCUT2D eigenvalue weighted by atomic mass is 16.5. The minimum atomic E-state index is -0.440. The molecule has 1 atom stereocenters. The predicted octanol–water partition coefficient (Wildman–Crippen LogP) is 0.747. The normalized spacial score (nSPS) is 17.5. The lowest BCUT2D eigenvalue weighted by Crippen LogP contribution is -2.47. The molecule has 6 nitrogen and oxygen atoms in total. The predicted molar refractivity (Wildman–Crippen MR) is 83.4 cm³/mol. The van der Waals surface area contributed by atoms with Crippen molar-refractivity contribution >= 4 is 11.6 Å². The molecular weight excluding hydrogens is 280 g/mol. The van der Waals surface area contributed by atoms with E-state index in [2.05, 4.69) is 10.3 Å². The fourth-order valence-corrected chi connectivity index (χ4v) is 2.83. The Balaban J connectivity index is 1.48. The minimum Gasteiger partial charge on any atom is -0.381 e. The maximum absolute atomic E-state index is 12.1. The van der Waals surface area contributed by atoms with E-state index in [1.807, 2.05) is 35.0 Å². The zero-order chi connectivity index (χ0) is 15.4. The van der Waals surface area contributed by atoms with E-state index in [1.54, 1.807) is 0 Å². The molecule has 0 radical (unpaired) electrons. The monoisotopic (exact) mass is 302 g/mol. The molecule has 1 unspecified atom stereocenters. The Bertz CT molecular complexity index is 601. The first-order valence-electron chi connectivity index (χ1n) is 7.77. The molecule has 1 aliphatic heterocycles. The Morgan fingerprint density at radius 2 is 2.27 bits per heavy atom. The van der Waals surface area contributed by atoms with E-state index >= 15 is 0 Å². The van der Waals surface area contributed by atoms with Gasteiger partial charge < -0.3 is 20.2 Å². The number of nitrogens with zero attached hydrogens (tertiary/aromatic N) is 2. The van der Waals surface area contributed by atoms with Gasteiger partial charge in [0.2, 0.25) is 5.91 Å². The van der Waals surface area contributed by atoms with Crippen LogP contribution in [0.15, 0.2) is 30.6 Å². The molecule has 1 saturated heterocycles. The number of ether oxygens (including phenoxy) is 1. The summed E-state index contributed by atoms with van der Waals surface area (Å²) in [7, 11) is 0. The first-order chi connectivity index (χ1) is 10.7. The number of pyridine rings is 1. The van der Waals surface area contributed by atoms with Gasteiger partial charge in [-0.3, -0.25) is 4.79 Å². The second-order valence-corrected chi connectivity index (χ2v) is 5.71. The molecule has 0 aromatic carbocycles. The van der Waals surface area contributed by atoms with Crippen molar-refractivity contribution in [2.24, 2.45) is 11.7 Å². The van der Waals surface area contributed by atoms with Crippen LogP contribution in [0.1, 0.15) is 18.5 Å². The number of fused-ring (bicyclic) bond motifs is 1. The van der Waals surface area contributed by atoms with Crippen molar-refractivity contribution in [1.82, 2.24) is 14.7 Å². The average molecular weight is 302 g/mol. The molecule has 0 saturated carbocycles. The van der Waals surface area contributed by atoms with Gasteiger partial charge in [0.15, 0.2) is 0 Å². The molecule has 118 valence electrons. The lowest BCUT2D eigenvalue weighted by Gasteiger charge is -2.26. The van der Waals surface area contributed by atoms with Crippen LogP contribution in [0.4, 0.5) is 0 Å². The van der Waals surface area contributed by atoms with Crippen molar-refractivity contribution in [3.05, 3.63) is 36.3 Å². The fraction of sp³-hybridized carbons (Fsp3) is 0.500. The van der Waals surface area contributed by atoms with E-state index in [0.717, 1.165) is 24.2 Å². The number of carbonyl (C=O) groups is 1. The van der Waals surface area contributed by atoms with Crippen LogP contribution >= 0.6 is 0 Å². The molecule has 2 aromatic heterocycles. The first-order valence-corrected chi connectivity index (χ1v) is 7.77. The van der Waals surface area contributed by atoms with Crippen LogP contribution in [-0.2, 0) is 16.0 Å². The molecule has 1 aliphatic rings. The highest BCUT2D eigenvalue weighted by Gasteiger charge is 2.26. The first kappa shape index (κ1) is 15.0. The van der Waals surface area contributed by atoms with Gasteiger partial charge in [0, 0.05) is 38.6 Å². The second-order valence-electron chi connectivity index (χ2n) is 5.71. The van der Waals surface area contributed by atoms with Gasteiger partial charge in [-0.25, -0.2) is 4.98 Å². The standard InChI is InChI=1S/C16H22N4O2/c17-15(12-5-9-22-10-6-12)16(21)18-7-4-13-11-20-8-2-1-3-14(20)19-13/h1-3,8,11-12,15H,4-7,9-10,17H2,(H,18,21). The number of amides is 1. The van der Waals surface area contributed by atoms with E-state index in [-0.39, 0.29) is 11.8 Å². The lowest BCUT2D eigenvalue weighted by atomic mass is 9.92. The van der Waals surface area contributed by atoms with Gasteiger partial charge in [0.1, 0.15) is 5.65 Å². The number of hydrogen-bond acceptors (Lipinski definition) is 4. The summed E-state index contributed by atoms with van der Waals surface area (Å²) < 4.78 is 7.28. The van der Waals surface area contributed by atoms with E-state index in [4.69, 9.17) is 10.5 Å². The summed E-state index contributed by atoms with van der Waals surface area (Å²) in [6.45, 7) is 1.96. The van der Waals surface area contributed by atoms with E-state index in [1.165, 1.54) is 0 Å². The Kier molecular flexibility index (Phi) is 4.70. The summed E-state index contributed by atoms with van der Waals surface area (Å²) in [4.78, 5) is 16.6. The summed E-state index contributed by atoms with van der Waals surface area (Å²) in [5.41, 5.74) is 7.93. The van der Waals surface area contributed by atoms with Crippen molar-refractivity contribution in [2.75, 3.05) is 19.8 Å². The van der Waals surface area contributed by atoms with Crippen LogP contribution < -0.4 is 11.1 Å². The van der Waals surface area contributed by atoms with E-state index in [0.29, 0.717) is 26.2 Å². The fourth-order valence-electron chi connectivity index (χ4n) is 2.83. The molecule has 3 heterocycles. The molecule has 6 heteroatoms. The molecule has 0 aliphatic carbocycles. The third-order valence-corrected chi connectivity index (χ3v) is 4.17. The van der Waals surface area contributed by atoms with Crippen molar-refractivity contribution in [3.63, 3.8) is 0 Å². The summed E-state index contributed by atoms with van der Waals surface area (Å²) in [5, 5.41) is 2.92. The number of carbonyl (C=O) groups excluding carboxylic acids is 1. The van der Waals surface area contributed by atoms with Crippen LogP contribution in [0.25, 0.3) is 5.65 Å². The number of rotatable bonds is 5. The summed E-state index contributed by atoms with van der Waals surface area (Å²) in [5.74, 6) is 0.152. The summed E-state index contributed by atoms with van der Waals surface area (Å²) >= 11 is 0. The number of aromatic nitrogens is 2. The highest BCUT2D eigenvalue weighted by Crippen LogP contribution is 2.17. The van der Waals surface area contributed by atoms with Gasteiger partial charge in [-0.15, -0.1) is 0 Å². The maximum Gasteiger partial charge on any atom is 0.237 e. The van der Waals surface area contributed by atoms with Gasteiger partial charge in [-0.05, 0) is 30.9 Å². The zero-order valence-electron chi connectivity index (χ0n) is 12.6. The minimum absolute atomic E-state index is 0.0735. The van der Waals surface area contributed by atoms with Crippen molar-refractivity contribution in [1.29, 1.82) is 0 Å². The van der Waals surface area contributed by atoms with Crippen molar-refractivity contribution < 1.29 is 9.53 Å². The largest absolute Gasteiger partial charge is 0.381 e. The van der Waals surface area contributed by atoms with Gasteiger partial charge in [-0.2, -0.15) is 0 Å². The molecule has 1 amide bonds. The van der Waals surface area contributed by atoms with E-state index in [9.17, 15) is 4.79 Å². The molecule has 3 N–H and O–H groups in total. The molecule has 22 heavy (non-hydrogen) atoms. The number of imidazole rings is 1. The maximum atomic E-state index is 12.1. The van der Waals surface area contributed by atoms with Crippen LogP contribution in [0.2, 0.25) is 0 Å². The Hall–Kier alpha value is -1.92. The van der Waals surface area contributed by atoms with Crippen LogP contribution in [-0.4, -0.2) is 41.1 Å². The molecule has 1 fully saturated rings. The van der Waals surface area contributed by atoms with Gasteiger partial charge in [0.25, 0.3) is 0 Å². The quantitative estimate of drug-likeness (QED) is 0.854. The molecule has 0 bridgehead atoms. The SMILES string of the molecule is NC(C(=O)NCCc1cn2ccccc2n1)C1CCOCC1. The highest BCUT2D eigenvalue weighted by molar-refractivity contribution is 5.81. The van der Waals surface area contributed by atoms with Crippen LogP contribution in [0.3, 0.4) is 0 Å². The number of hydrogen-bond donors (Lipinski definition) is 2. The Morgan fingerprint density at radius 1 is 1.45 bits per heavy atom.